The standard InChI is InChI=1S/C15H24N6/c1-10-18-19-13-6-5-12(9-21(10)13)16-7-11-8-17-20-14(11)15(2,3)4/h8,12,16H,5-7,9H2,1-4H3,(H,17,20)/t12-/m0/s1. The number of aryl methyl sites for hydroxylation is 2. The number of hydrogen-bond donors (Lipinski definition) is 2. The fraction of sp³-hybridized carbons (Fsp3) is 0.667. The van der Waals surface area contributed by atoms with Crippen molar-refractivity contribution >= 4 is 0 Å². The molecular formula is C15H24N6. The van der Waals surface area contributed by atoms with E-state index in [9.17, 15) is 0 Å². The third-order valence-corrected chi connectivity index (χ3v) is 4.18. The molecule has 0 unspecified atom stereocenters. The highest BCUT2D eigenvalue weighted by molar-refractivity contribution is 5.23. The second-order valence-electron chi connectivity index (χ2n) is 6.91. The Morgan fingerprint density at radius 2 is 2.19 bits per heavy atom. The average Bonchev–Trinajstić information content (AvgIpc) is 3.03. The number of nitrogens with zero attached hydrogens (tertiary/aromatic N) is 4. The van der Waals surface area contributed by atoms with Crippen LogP contribution >= 0.6 is 0 Å². The number of fused-ring (bicyclic) bond motifs is 1. The minimum absolute atomic E-state index is 0.0953. The van der Waals surface area contributed by atoms with Crippen LogP contribution < -0.4 is 5.32 Å². The highest BCUT2D eigenvalue weighted by atomic mass is 15.3. The number of aromatic nitrogens is 5. The number of nitrogens with one attached hydrogen (secondary N) is 2. The van der Waals surface area contributed by atoms with E-state index in [1.165, 1.54) is 11.3 Å². The predicted molar refractivity (Wildman–Crippen MR) is 81.0 cm³/mol. The number of rotatable bonds is 3. The number of aromatic amines is 1. The van der Waals surface area contributed by atoms with Crippen LogP contribution in [0.25, 0.3) is 0 Å². The Bertz CT molecular complexity index is 618. The van der Waals surface area contributed by atoms with Gasteiger partial charge in [0.05, 0.1) is 6.20 Å². The molecule has 0 aromatic carbocycles. The van der Waals surface area contributed by atoms with Crippen molar-refractivity contribution in [1.82, 2.24) is 30.3 Å². The van der Waals surface area contributed by atoms with Gasteiger partial charge >= 0.3 is 0 Å². The molecule has 0 spiro atoms. The zero-order valence-electron chi connectivity index (χ0n) is 13.3. The zero-order valence-corrected chi connectivity index (χ0v) is 13.3. The molecule has 114 valence electrons. The molecule has 21 heavy (non-hydrogen) atoms. The molecule has 6 nitrogen and oxygen atoms in total. The van der Waals surface area contributed by atoms with Gasteiger partial charge in [-0.2, -0.15) is 5.10 Å². The van der Waals surface area contributed by atoms with Gasteiger partial charge in [-0.1, -0.05) is 20.8 Å². The van der Waals surface area contributed by atoms with Gasteiger partial charge < -0.3 is 9.88 Å². The van der Waals surface area contributed by atoms with Crippen molar-refractivity contribution < 1.29 is 0 Å². The van der Waals surface area contributed by atoms with Gasteiger partial charge in [-0.15, -0.1) is 10.2 Å². The van der Waals surface area contributed by atoms with E-state index < -0.39 is 0 Å². The summed E-state index contributed by atoms with van der Waals surface area (Å²) in [6.07, 6.45) is 4.04. The van der Waals surface area contributed by atoms with Gasteiger partial charge in [0.25, 0.3) is 0 Å². The van der Waals surface area contributed by atoms with E-state index in [2.05, 4.69) is 51.0 Å². The molecule has 0 radical (unpaired) electrons. The van der Waals surface area contributed by atoms with E-state index in [0.717, 1.165) is 37.6 Å². The first-order valence-corrected chi connectivity index (χ1v) is 7.60. The maximum Gasteiger partial charge on any atom is 0.133 e. The van der Waals surface area contributed by atoms with Crippen molar-refractivity contribution in [3.05, 3.63) is 29.1 Å². The molecule has 0 aliphatic carbocycles. The molecule has 0 fully saturated rings. The van der Waals surface area contributed by atoms with Crippen LogP contribution in [0.5, 0.6) is 0 Å². The summed E-state index contributed by atoms with van der Waals surface area (Å²) < 4.78 is 2.22. The van der Waals surface area contributed by atoms with Gasteiger partial charge in [0.1, 0.15) is 11.6 Å². The van der Waals surface area contributed by atoms with E-state index in [1.54, 1.807) is 0 Å². The molecule has 2 aromatic heterocycles. The summed E-state index contributed by atoms with van der Waals surface area (Å²) >= 11 is 0. The lowest BCUT2D eigenvalue weighted by atomic mass is 9.89. The zero-order chi connectivity index (χ0) is 15.0. The van der Waals surface area contributed by atoms with E-state index in [-0.39, 0.29) is 5.41 Å². The molecule has 0 saturated carbocycles. The van der Waals surface area contributed by atoms with Crippen LogP contribution in [0, 0.1) is 6.92 Å². The molecule has 0 saturated heterocycles. The smallest absolute Gasteiger partial charge is 0.133 e. The average molecular weight is 288 g/mol. The predicted octanol–water partition coefficient (Wildman–Crippen LogP) is 1.71. The Morgan fingerprint density at radius 3 is 2.95 bits per heavy atom. The number of H-pyrrole nitrogens is 1. The molecular weight excluding hydrogens is 264 g/mol. The van der Waals surface area contributed by atoms with Crippen LogP contribution in [0.2, 0.25) is 0 Å². The molecule has 2 aromatic rings. The Balaban J connectivity index is 1.65. The molecule has 3 rings (SSSR count). The molecule has 0 amide bonds. The van der Waals surface area contributed by atoms with Gasteiger partial charge in [-0.25, -0.2) is 0 Å². The van der Waals surface area contributed by atoms with Crippen molar-refractivity contribution in [1.29, 1.82) is 0 Å². The maximum absolute atomic E-state index is 4.22. The SMILES string of the molecule is Cc1nnc2n1C[C@@H](NCc1cn[nH]c1C(C)(C)C)CC2. The number of hydrogen-bond acceptors (Lipinski definition) is 4. The van der Waals surface area contributed by atoms with Crippen LogP contribution in [0.4, 0.5) is 0 Å². The molecule has 2 N–H and O–H groups in total. The van der Waals surface area contributed by atoms with Crippen molar-refractivity contribution in [2.24, 2.45) is 0 Å². The van der Waals surface area contributed by atoms with Crippen LogP contribution in [0.1, 0.15) is 50.1 Å². The Kier molecular flexibility index (Phi) is 3.57. The lowest BCUT2D eigenvalue weighted by molar-refractivity contribution is 0.374. The molecule has 1 aliphatic heterocycles. The second-order valence-corrected chi connectivity index (χ2v) is 6.91. The summed E-state index contributed by atoms with van der Waals surface area (Å²) in [5, 5.41) is 19.4. The van der Waals surface area contributed by atoms with Crippen LogP contribution in [0.3, 0.4) is 0 Å². The maximum atomic E-state index is 4.22. The Hall–Kier alpha value is -1.69. The highest BCUT2D eigenvalue weighted by Crippen LogP contribution is 2.23. The molecule has 1 atom stereocenters. The van der Waals surface area contributed by atoms with Crippen molar-refractivity contribution in [3.63, 3.8) is 0 Å². The monoisotopic (exact) mass is 288 g/mol. The summed E-state index contributed by atoms with van der Waals surface area (Å²) in [5.74, 6) is 2.12. The van der Waals surface area contributed by atoms with Crippen molar-refractivity contribution in [2.75, 3.05) is 0 Å². The van der Waals surface area contributed by atoms with Gasteiger partial charge in [-0.3, -0.25) is 5.10 Å². The summed E-state index contributed by atoms with van der Waals surface area (Å²) in [4.78, 5) is 0. The second kappa shape index (κ2) is 5.26. The van der Waals surface area contributed by atoms with Gasteiger partial charge in [0.2, 0.25) is 0 Å². The van der Waals surface area contributed by atoms with Gasteiger partial charge in [-0.05, 0) is 13.3 Å². The van der Waals surface area contributed by atoms with E-state index in [4.69, 9.17) is 0 Å². The third-order valence-electron chi connectivity index (χ3n) is 4.18. The largest absolute Gasteiger partial charge is 0.314 e. The first-order valence-electron chi connectivity index (χ1n) is 7.60. The molecule has 6 heteroatoms. The Labute approximate surface area is 125 Å². The van der Waals surface area contributed by atoms with Gasteiger partial charge in [0, 0.05) is 42.2 Å². The summed E-state index contributed by atoms with van der Waals surface area (Å²) in [7, 11) is 0. The molecule has 3 heterocycles. The normalized spacial score (nSPS) is 18.8. The van der Waals surface area contributed by atoms with E-state index in [0.29, 0.717) is 6.04 Å². The third kappa shape index (κ3) is 2.85. The van der Waals surface area contributed by atoms with Crippen molar-refractivity contribution in [2.45, 2.75) is 65.1 Å². The first-order chi connectivity index (χ1) is 9.95. The van der Waals surface area contributed by atoms with Crippen LogP contribution in [-0.4, -0.2) is 31.0 Å². The summed E-state index contributed by atoms with van der Waals surface area (Å²) in [6, 6.07) is 0.468. The Morgan fingerprint density at radius 1 is 1.38 bits per heavy atom. The lowest BCUT2D eigenvalue weighted by Gasteiger charge is -2.26. The quantitative estimate of drug-likeness (QED) is 0.902. The van der Waals surface area contributed by atoms with Crippen LogP contribution in [-0.2, 0) is 24.9 Å². The first kappa shape index (κ1) is 14.3. The topological polar surface area (TPSA) is 71.4 Å². The van der Waals surface area contributed by atoms with Crippen molar-refractivity contribution in [3.8, 4) is 0 Å². The fourth-order valence-corrected chi connectivity index (χ4v) is 2.98. The summed E-state index contributed by atoms with van der Waals surface area (Å²) in [6.45, 7) is 10.4. The highest BCUT2D eigenvalue weighted by Gasteiger charge is 2.23. The van der Waals surface area contributed by atoms with Gasteiger partial charge in [0.15, 0.2) is 0 Å². The fourth-order valence-electron chi connectivity index (χ4n) is 2.98. The lowest BCUT2D eigenvalue weighted by Crippen LogP contribution is -2.37. The minimum atomic E-state index is 0.0953. The molecule has 0 bridgehead atoms. The summed E-state index contributed by atoms with van der Waals surface area (Å²) in [5.41, 5.74) is 2.57. The molecule has 1 aliphatic rings. The van der Waals surface area contributed by atoms with E-state index >= 15 is 0 Å². The minimum Gasteiger partial charge on any atom is -0.314 e. The van der Waals surface area contributed by atoms with E-state index in [1.807, 2.05) is 13.1 Å². The van der Waals surface area contributed by atoms with Crippen LogP contribution in [0.15, 0.2) is 6.20 Å².